The van der Waals surface area contributed by atoms with Gasteiger partial charge in [-0.15, -0.1) is 0 Å². The van der Waals surface area contributed by atoms with Crippen molar-refractivity contribution in [2.75, 3.05) is 0 Å². The Bertz CT molecular complexity index is 494. The quantitative estimate of drug-likeness (QED) is 0.717. The molecule has 70 valence electrons. The molecule has 14 heavy (non-hydrogen) atoms. The highest BCUT2D eigenvalue weighted by Gasteiger charge is 1.94. The van der Waals surface area contributed by atoms with Crippen molar-refractivity contribution in [1.82, 2.24) is 4.98 Å². The van der Waals surface area contributed by atoms with Crippen LogP contribution in [0.25, 0.3) is 17.0 Å². The van der Waals surface area contributed by atoms with Crippen LogP contribution in [0.3, 0.4) is 0 Å². The van der Waals surface area contributed by atoms with E-state index in [9.17, 15) is 4.79 Å². The van der Waals surface area contributed by atoms with Gasteiger partial charge in [0, 0.05) is 11.7 Å². The number of aromatic amines is 1. The van der Waals surface area contributed by atoms with Crippen LogP contribution in [-0.2, 0) is 4.79 Å². The fraction of sp³-hybridized carbons (Fsp3) is 0.0833. The third kappa shape index (κ3) is 1.74. The molecule has 0 aliphatic carbocycles. The maximum atomic E-state index is 10.7. The lowest BCUT2D eigenvalue weighted by molar-refractivity contribution is -0.112. The zero-order valence-electron chi connectivity index (χ0n) is 7.95. The molecule has 2 rings (SSSR count). The van der Waals surface area contributed by atoms with Crippen molar-refractivity contribution in [3.63, 3.8) is 0 Å². The highest BCUT2D eigenvalue weighted by Crippen LogP contribution is 2.14. The van der Waals surface area contributed by atoms with Crippen molar-refractivity contribution in [2.24, 2.45) is 0 Å². The Balaban J connectivity index is 2.39. The number of ketones is 1. The van der Waals surface area contributed by atoms with Gasteiger partial charge in [-0.25, -0.2) is 0 Å². The van der Waals surface area contributed by atoms with Gasteiger partial charge in [-0.05, 0) is 42.1 Å². The first-order chi connectivity index (χ1) is 6.75. The van der Waals surface area contributed by atoms with Crippen LogP contribution in [-0.4, -0.2) is 10.8 Å². The molecule has 0 unspecified atom stereocenters. The van der Waals surface area contributed by atoms with E-state index in [1.54, 1.807) is 13.0 Å². The first-order valence-electron chi connectivity index (χ1n) is 4.51. The lowest BCUT2D eigenvalue weighted by Gasteiger charge is -1.93. The maximum absolute atomic E-state index is 10.7. The van der Waals surface area contributed by atoms with Gasteiger partial charge in [-0.1, -0.05) is 12.1 Å². The molecule has 1 aromatic heterocycles. The molecule has 0 fully saturated rings. The van der Waals surface area contributed by atoms with E-state index in [1.807, 2.05) is 36.5 Å². The molecular weight excluding hydrogens is 174 g/mol. The Kier molecular flexibility index (Phi) is 2.19. The Hall–Kier alpha value is -1.83. The number of carbonyl (C=O) groups excluding carboxylic acids is 1. The van der Waals surface area contributed by atoms with E-state index in [1.165, 1.54) is 0 Å². The van der Waals surface area contributed by atoms with Gasteiger partial charge in [-0.2, -0.15) is 0 Å². The molecule has 0 atom stereocenters. The third-order valence-corrected chi connectivity index (χ3v) is 2.09. The fourth-order valence-electron chi connectivity index (χ4n) is 1.39. The van der Waals surface area contributed by atoms with Crippen molar-refractivity contribution in [3.8, 4) is 0 Å². The zero-order chi connectivity index (χ0) is 9.97. The number of aromatic nitrogens is 1. The van der Waals surface area contributed by atoms with Crippen molar-refractivity contribution in [3.05, 3.63) is 42.1 Å². The summed E-state index contributed by atoms with van der Waals surface area (Å²) in [5, 5.41) is 1.16. The molecule has 0 aliphatic heterocycles. The van der Waals surface area contributed by atoms with Gasteiger partial charge < -0.3 is 4.98 Å². The maximum Gasteiger partial charge on any atom is 0.152 e. The highest BCUT2D eigenvalue weighted by atomic mass is 16.1. The number of hydrogen-bond donors (Lipinski definition) is 1. The fourth-order valence-corrected chi connectivity index (χ4v) is 1.39. The molecule has 0 saturated carbocycles. The molecule has 1 N–H and O–H groups in total. The monoisotopic (exact) mass is 185 g/mol. The van der Waals surface area contributed by atoms with Gasteiger partial charge in [-0.3, -0.25) is 4.79 Å². The van der Waals surface area contributed by atoms with Gasteiger partial charge >= 0.3 is 0 Å². The predicted molar refractivity (Wildman–Crippen MR) is 58.0 cm³/mol. The molecule has 1 heterocycles. The van der Waals surface area contributed by atoms with Gasteiger partial charge in [0.05, 0.1) is 0 Å². The third-order valence-electron chi connectivity index (χ3n) is 2.09. The second-order valence-electron chi connectivity index (χ2n) is 3.27. The summed E-state index contributed by atoms with van der Waals surface area (Å²) in [6, 6.07) is 8.05. The number of rotatable bonds is 2. The smallest absolute Gasteiger partial charge is 0.152 e. The van der Waals surface area contributed by atoms with E-state index in [0.717, 1.165) is 16.5 Å². The molecule has 2 nitrogen and oxygen atoms in total. The molecule has 0 aliphatic rings. The summed E-state index contributed by atoms with van der Waals surface area (Å²) < 4.78 is 0. The first-order valence-corrected chi connectivity index (χ1v) is 4.51. The van der Waals surface area contributed by atoms with Crippen LogP contribution in [0.4, 0.5) is 0 Å². The van der Waals surface area contributed by atoms with E-state index in [-0.39, 0.29) is 5.78 Å². The van der Waals surface area contributed by atoms with Gasteiger partial charge in [0.15, 0.2) is 5.78 Å². The average Bonchev–Trinajstić information content (AvgIpc) is 2.61. The summed E-state index contributed by atoms with van der Waals surface area (Å²) in [7, 11) is 0. The predicted octanol–water partition coefficient (Wildman–Crippen LogP) is 2.77. The SMILES string of the molecule is CC(=O)/C=C/c1ccc2[nH]ccc2c1. The van der Waals surface area contributed by atoms with Crippen LogP contribution in [0.1, 0.15) is 12.5 Å². The second kappa shape index (κ2) is 3.50. The van der Waals surface area contributed by atoms with E-state index in [4.69, 9.17) is 0 Å². The Morgan fingerprint density at radius 3 is 3.00 bits per heavy atom. The minimum Gasteiger partial charge on any atom is -0.361 e. The molecular formula is C12H11NO. The lowest BCUT2D eigenvalue weighted by Crippen LogP contribution is -1.80. The van der Waals surface area contributed by atoms with E-state index >= 15 is 0 Å². The number of carbonyl (C=O) groups is 1. The minimum atomic E-state index is 0.0687. The number of benzene rings is 1. The molecule has 0 amide bonds. The molecule has 0 spiro atoms. The van der Waals surface area contributed by atoms with Gasteiger partial charge in [0.25, 0.3) is 0 Å². The number of allylic oxidation sites excluding steroid dienone is 1. The molecule has 1 aromatic carbocycles. The molecule has 0 saturated heterocycles. The van der Waals surface area contributed by atoms with Crippen LogP contribution in [0.2, 0.25) is 0 Å². The first kappa shape index (κ1) is 8.75. The summed E-state index contributed by atoms with van der Waals surface area (Å²) in [5.74, 6) is 0.0687. The van der Waals surface area contributed by atoms with E-state index in [2.05, 4.69) is 4.98 Å². The standard InChI is InChI=1S/C12H11NO/c1-9(14)2-3-10-4-5-12-11(8-10)6-7-13-12/h2-8,13H,1H3/b3-2+. The van der Waals surface area contributed by atoms with Crippen molar-refractivity contribution >= 4 is 22.8 Å². The Labute approximate surface area is 82.3 Å². The van der Waals surface area contributed by atoms with Crippen LogP contribution in [0.15, 0.2) is 36.5 Å². The van der Waals surface area contributed by atoms with Crippen molar-refractivity contribution in [1.29, 1.82) is 0 Å². The number of hydrogen-bond acceptors (Lipinski definition) is 1. The largest absolute Gasteiger partial charge is 0.361 e. The summed E-state index contributed by atoms with van der Waals surface area (Å²) in [5.41, 5.74) is 2.16. The van der Waals surface area contributed by atoms with Crippen molar-refractivity contribution in [2.45, 2.75) is 6.92 Å². The molecule has 2 heteroatoms. The Morgan fingerprint density at radius 2 is 2.21 bits per heavy atom. The Morgan fingerprint density at radius 1 is 1.36 bits per heavy atom. The van der Waals surface area contributed by atoms with E-state index < -0.39 is 0 Å². The summed E-state index contributed by atoms with van der Waals surface area (Å²) in [6.07, 6.45) is 5.31. The number of fused-ring (bicyclic) bond motifs is 1. The average molecular weight is 185 g/mol. The second-order valence-corrected chi connectivity index (χ2v) is 3.27. The van der Waals surface area contributed by atoms with Gasteiger partial charge in [0.1, 0.15) is 0 Å². The highest BCUT2D eigenvalue weighted by molar-refractivity contribution is 5.92. The summed E-state index contributed by atoms with van der Waals surface area (Å²) in [4.78, 5) is 13.9. The van der Waals surface area contributed by atoms with Gasteiger partial charge in [0.2, 0.25) is 0 Å². The molecule has 0 bridgehead atoms. The number of H-pyrrole nitrogens is 1. The van der Waals surface area contributed by atoms with Crippen LogP contribution in [0.5, 0.6) is 0 Å². The molecule has 0 radical (unpaired) electrons. The van der Waals surface area contributed by atoms with E-state index in [0.29, 0.717) is 0 Å². The van der Waals surface area contributed by atoms with Crippen molar-refractivity contribution < 1.29 is 4.79 Å². The topological polar surface area (TPSA) is 32.9 Å². The lowest BCUT2D eigenvalue weighted by atomic mass is 10.1. The zero-order valence-corrected chi connectivity index (χ0v) is 7.95. The normalized spacial score (nSPS) is 11.2. The molecule has 2 aromatic rings. The summed E-state index contributed by atoms with van der Waals surface area (Å²) in [6.45, 7) is 1.55. The number of nitrogens with one attached hydrogen (secondary N) is 1. The minimum absolute atomic E-state index is 0.0687. The summed E-state index contributed by atoms with van der Waals surface area (Å²) >= 11 is 0. The van der Waals surface area contributed by atoms with Crippen LogP contribution in [0, 0.1) is 0 Å². The van der Waals surface area contributed by atoms with Crippen LogP contribution < -0.4 is 0 Å². The van der Waals surface area contributed by atoms with Crippen LogP contribution >= 0.6 is 0 Å².